The van der Waals surface area contributed by atoms with Crippen LogP contribution in [0.3, 0.4) is 0 Å². The molecule has 0 fully saturated rings. The molecule has 0 aliphatic carbocycles. The van der Waals surface area contributed by atoms with Gasteiger partial charge in [0.2, 0.25) is 11.8 Å². The van der Waals surface area contributed by atoms with Crippen LogP contribution in [-0.4, -0.2) is 18.4 Å². The lowest BCUT2D eigenvalue weighted by molar-refractivity contribution is -0.121. The predicted octanol–water partition coefficient (Wildman–Crippen LogP) is 2.93. The second kappa shape index (κ2) is 8.65. The fourth-order valence-electron chi connectivity index (χ4n) is 2.51. The van der Waals surface area contributed by atoms with Crippen LogP contribution >= 0.6 is 0 Å². The number of nitrogens with zero attached hydrogens (tertiary/aromatic N) is 2. The second-order valence-electron chi connectivity index (χ2n) is 5.85. The molecule has 0 aliphatic rings. The molecule has 0 heterocycles. The van der Waals surface area contributed by atoms with Gasteiger partial charge >= 0.3 is 0 Å². The maximum absolute atomic E-state index is 12.1. The van der Waals surface area contributed by atoms with Crippen molar-refractivity contribution in [1.29, 1.82) is 5.26 Å². The van der Waals surface area contributed by atoms with E-state index < -0.39 is 0 Å². The molecular weight excluding hydrogens is 314 g/mol. The van der Waals surface area contributed by atoms with Crippen LogP contribution in [0.4, 0.5) is 5.69 Å². The summed E-state index contributed by atoms with van der Waals surface area (Å²) in [5.41, 5.74) is 3.40. The zero-order chi connectivity index (χ0) is 18.2. The van der Waals surface area contributed by atoms with Gasteiger partial charge in [-0.25, -0.2) is 0 Å². The number of amides is 2. The zero-order valence-corrected chi connectivity index (χ0v) is 14.5. The Morgan fingerprint density at radius 3 is 2.48 bits per heavy atom. The summed E-state index contributed by atoms with van der Waals surface area (Å²) >= 11 is 0. The molecule has 0 radical (unpaired) electrons. The number of rotatable bonds is 6. The van der Waals surface area contributed by atoms with Gasteiger partial charge in [-0.15, -0.1) is 0 Å². The molecule has 0 saturated carbocycles. The van der Waals surface area contributed by atoms with E-state index >= 15 is 0 Å². The highest BCUT2D eigenvalue weighted by Gasteiger charge is 2.13. The topological polar surface area (TPSA) is 73.2 Å². The normalized spacial score (nSPS) is 9.96. The average Bonchev–Trinajstić information content (AvgIpc) is 2.60. The Morgan fingerprint density at radius 2 is 1.88 bits per heavy atom. The number of nitriles is 1. The first-order chi connectivity index (χ1) is 12.0. The standard InChI is InChI=1S/C20H21N3O2/c1-15-4-3-5-18(12-15)14-22-20(25)10-11-23(16(2)24)19-8-6-17(13-21)7-9-19/h3-9,12H,10-11,14H2,1-2H3,(H,22,25). The molecule has 0 bridgehead atoms. The van der Waals surface area contributed by atoms with Crippen LogP contribution in [0.5, 0.6) is 0 Å². The average molecular weight is 335 g/mol. The van der Waals surface area contributed by atoms with Gasteiger partial charge in [0.1, 0.15) is 0 Å². The number of carbonyl (C=O) groups is 2. The number of anilines is 1. The van der Waals surface area contributed by atoms with Crippen LogP contribution in [0.25, 0.3) is 0 Å². The Labute approximate surface area is 147 Å². The lowest BCUT2D eigenvalue weighted by atomic mass is 10.1. The molecule has 2 aromatic carbocycles. The fourth-order valence-corrected chi connectivity index (χ4v) is 2.51. The van der Waals surface area contributed by atoms with Crippen molar-refractivity contribution in [2.24, 2.45) is 0 Å². The lowest BCUT2D eigenvalue weighted by Crippen LogP contribution is -2.33. The molecule has 5 heteroatoms. The van der Waals surface area contributed by atoms with E-state index in [0.29, 0.717) is 24.3 Å². The molecule has 0 atom stereocenters. The molecule has 2 amide bonds. The lowest BCUT2D eigenvalue weighted by Gasteiger charge is -2.21. The van der Waals surface area contributed by atoms with E-state index in [1.165, 1.54) is 11.8 Å². The van der Waals surface area contributed by atoms with Crippen LogP contribution in [0.2, 0.25) is 0 Å². The van der Waals surface area contributed by atoms with Crippen molar-refractivity contribution in [3.63, 3.8) is 0 Å². The number of nitrogens with one attached hydrogen (secondary N) is 1. The van der Waals surface area contributed by atoms with Crippen molar-refractivity contribution >= 4 is 17.5 Å². The van der Waals surface area contributed by atoms with E-state index in [2.05, 4.69) is 5.32 Å². The summed E-state index contributed by atoms with van der Waals surface area (Å²) in [4.78, 5) is 25.5. The smallest absolute Gasteiger partial charge is 0.223 e. The Morgan fingerprint density at radius 1 is 1.16 bits per heavy atom. The third kappa shape index (κ3) is 5.47. The summed E-state index contributed by atoms with van der Waals surface area (Å²) in [6.07, 6.45) is 0.214. The summed E-state index contributed by atoms with van der Waals surface area (Å²) < 4.78 is 0. The van der Waals surface area contributed by atoms with Crippen LogP contribution < -0.4 is 10.2 Å². The maximum Gasteiger partial charge on any atom is 0.223 e. The highest BCUT2D eigenvalue weighted by Crippen LogP contribution is 2.16. The van der Waals surface area contributed by atoms with E-state index in [1.807, 2.05) is 37.3 Å². The first-order valence-electron chi connectivity index (χ1n) is 8.10. The van der Waals surface area contributed by atoms with Crippen molar-refractivity contribution in [2.75, 3.05) is 11.4 Å². The highest BCUT2D eigenvalue weighted by atomic mass is 16.2. The highest BCUT2D eigenvalue weighted by molar-refractivity contribution is 5.92. The molecular formula is C20H21N3O2. The van der Waals surface area contributed by atoms with E-state index in [0.717, 1.165) is 11.1 Å². The van der Waals surface area contributed by atoms with Gasteiger partial charge in [-0.1, -0.05) is 29.8 Å². The van der Waals surface area contributed by atoms with Crippen LogP contribution in [0.15, 0.2) is 48.5 Å². The summed E-state index contributed by atoms with van der Waals surface area (Å²) in [6, 6.07) is 16.7. The number of aryl methyl sites for hydroxylation is 1. The van der Waals surface area contributed by atoms with Gasteiger partial charge in [-0.2, -0.15) is 5.26 Å². The van der Waals surface area contributed by atoms with Gasteiger partial charge in [0.05, 0.1) is 11.6 Å². The monoisotopic (exact) mass is 335 g/mol. The van der Waals surface area contributed by atoms with Gasteiger partial charge in [0.25, 0.3) is 0 Å². The molecule has 2 rings (SSSR count). The third-order valence-electron chi connectivity index (χ3n) is 3.82. The summed E-state index contributed by atoms with van der Waals surface area (Å²) in [7, 11) is 0. The molecule has 2 aromatic rings. The first-order valence-corrected chi connectivity index (χ1v) is 8.10. The Bertz CT molecular complexity index is 791. The van der Waals surface area contributed by atoms with Gasteiger partial charge in [-0.05, 0) is 36.8 Å². The summed E-state index contributed by atoms with van der Waals surface area (Å²) in [5, 5.41) is 11.7. The Hall–Kier alpha value is -3.13. The quantitative estimate of drug-likeness (QED) is 0.882. The summed E-state index contributed by atoms with van der Waals surface area (Å²) in [5.74, 6) is -0.252. The maximum atomic E-state index is 12.1. The minimum atomic E-state index is -0.142. The van der Waals surface area contributed by atoms with E-state index in [-0.39, 0.29) is 18.2 Å². The second-order valence-corrected chi connectivity index (χ2v) is 5.85. The van der Waals surface area contributed by atoms with Crippen LogP contribution in [-0.2, 0) is 16.1 Å². The molecule has 1 N–H and O–H groups in total. The predicted molar refractivity (Wildman–Crippen MR) is 96.8 cm³/mol. The molecule has 0 aromatic heterocycles. The molecule has 0 unspecified atom stereocenters. The minimum Gasteiger partial charge on any atom is -0.352 e. The fraction of sp³-hybridized carbons (Fsp3) is 0.250. The largest absolute Gasteiger partial charge is 0.352 e. The third-order valence-corrected chi connectivity index (χ3v) is 3.82. The molecule has 0 aliphatic heterocycles. The van der Waals surface area contributed by atoms with Gasteiger partial charge in [0, 0.05) is 32.1 Å². The molecule has 0 spiro atoms. The molecule has 5 nitrogen and oxygen atoms in total. The van der Waals surface area contributed by atoms with Crippen molar-refractivity contribution in [2.45, 2.75) is 26.8 Å². The van der Waals surface area contributed by atoms with E-state index in [1.54, 1.807) is 24.3 Å². The Balaban J connectivity index is 1.90. The number of hydrogen-bond donors (Lipinski definition) is 1. The molecule has 25 heavy (non-hydrogen) atoms. The van der Waals surface area contributed by atoms with Gasteiger partial charge in [0.15, 0.2) is 0 Å². The SMILES string of the molecule is CC(=O)N(CCC(=O)NCc1cccc(C)c1)c1ccc(C#N)cc1. The van der Waals surface area contributed by atoms with Crippen molar-refractivity contribution in [1.82, 2.24) is 5.32 Å². The Kier molecular flexibility index (Phi) is 6.30. The number of benzene rings is 2. The molecule has 128 valence electrons. The van der Waals surface area contributed by atoms with E-state index in [9.17, 15) is 9.59 Å². The first kappa shape index (κ1) is 18.2. The van der Waals surface area contributed by atoms with Gasteiger partial charge < -0.3 is 10.2 Å². The van der Waals surface area contributed by atoms with E-state index in [4.69, 9.17) is 5.26 Å². The van der Waals surface area contributed by atoms with Crippen LogP contribution in [0.1, 0.15) is 30.0 Å². The zero-order valence-electron chi connectivity index (χ0n) is 14.5. The van der Waals surface area contributed by atoms with Crippen molar-refractivity contribution in [3.05, 3.63) is 65.2 Å². The minimum absolute atomic E-state index is 0.110. The number of hydrogen-bond acceptors (Lipinski definition) is 3. The van der Waals surface area contributed by atoms with Crippen LogP contribution in [0, 0.1) is 18.3 Å². The molecule has 0 saturated heterocycles. The van der Waals surface area contributed by atoms with Crippen molar-refractivity contribution in [3.8, 4) is 6.07 Å². The van der Waals surface area contributed by atoms with Crippen molar-refractivity contribution < 1.29 is 9.59 Å². The van der Waals surface area contributed by atoms with Gasteiger partial charge in [-0.3, -0.25) is 9.59 Å². The number of carbonyl (C=O) groups excluding carboxylic acids is 2. The summed E-state index contributed by atoms with van der Waals surface area (Å²) in [6.45, 7) is 4.23.